The fourth-order valence-corrected chi connectivity index (χ4v) is 3.20. The zero-order chi connectivity index (χ0) is 22.3. The van der Waals surface area contributed by atoms with Crippen LogP contribution >= 0.6 is 0 Å². The molecule has 0 bridgehead atoms. The molecule has 3 rings (SSSR count). The molecule has 0 radical (unpaired) electrons. The molecule has 1 atom stereocenters. The number of anilines is 1. The second kappa shape index (κ2) is 10.0. The number of allylic oxidation sites excluding steroid dienone is 1. The van der Waals surface area contributed by atoms with Crippen LogP contribution in [0.15, 0.2) is 30.5 Å². The van der Waals surface area contributed by atoms with Crippen molar-refractivity contribution in [1.29, 1.82) is 5.26 Å². The van der Waals surface area contributed by atoms with Gasteiger partial charge in [0.05, 0.1) is 0 Å². The SMILES string of the molecule is CC(C)(C)OC(=O)N1CCCC(NCc2ccc(NC=C(C#N)c3nn[nH]n3)cc2)C1. The molecule has 0 aliphatic carbocycles. The Labute approximate surface area is 181 Å². The Kier molecular flexibility index (Phi) is 7.20. The minimum atomic E-state index is -0.484. The molecule has 1 aromatic heterocycles. The molecule has 1 fully saturated rings. The largest absolute Gasteiger partial charge is 0.444 e. The van der Waals surface area contributed by atoms with Crippen molar-refractivity contribution in [3.05, 3.63) is 41.9 Å². The monoisotopic (exact) mass is 424 g/mol. The molecule has 1 unspecified atom stereocenters. The lowest BCUT2D eigenvalue weighted by molar-refractivity contribution is 0.0187. The maximum absolute atomic E-state index is 12.3. The standard InChI is InChI=1S/C21H28N8O2/c1-21(2,3)31-20(30)29-10-4-5-18(14-29)23-12-15-6-8-17(9-7-15)24-13-16(11-22)19-25-27-28-26-19/h6-9,13,18,23-24H,4-5,10,12,14H2,1-3H3,(H,25,26,27,28). The van der Waals surface area contributed by atoms with Crippen LogP contribution in [0.5, 0.6) is 0 Å². The topological polar surface area (TPSA) is 132 Å². The summed E-state index contributed by atoms with van der Waals surface area (Å²) in [6.07, 6.45) is 3.27. The molecule has 1 aliphatic rings. The summed E-state index contributed by atoms with van der Waals surface area (Å²) in [5, 5.41) is 29.2. The number of carbonyl (C=O) groups is 1. The van der Waals surface area contributed by atoms with Gasteiger partial charge >= 0.3 is 6.09 Å². The molecule has 1 saturated heterocycles. The van der Waals surface area contributed by atoms with Gasteiger partial charge in [-0.05, 0) is 56.5 Å². The normalized spacial score (nSPS) is 17.2. The number of likely N-dealkylation sites (tertiary alicyclic amines) is 1. The van der Waals surface area contributed by atoms with Gasteiger partial charge in [-0.25, -0.2) is 4.79 Å². The number of hydrogen-bond donors (Lipinski definition) is 3. The Morgan fingerprint density at radius 1 is 1.39 bits per heavy atom. The summed E-state index contributed by atoms with van der Waals surface area (Å²) in [6, 6.07) is 10.2. The van der Waals surface area contributed by atoms with E-state index < -0.39 is 5.60 Å². The van der Waals surface area contributed by atoms with Crippen LogP contribution in [0.25, 0.3) is 5.57 Å². The maximum atomic E-state index is 12.3. The number of H-pyrrole nitrogens is 1. The predicted molar refractivity (Wildman–Crippen MR) is 116 cm³/mol. The molecule has 10 nitrogen and oxygen atoms in total. The first kappa shape index (κ1) is 22.2. The van der Waals surface area contributed by atoms with Gasteiger partial charge in [0.15, 0.2) is 0 Å². The smallest absolute Gasteiger partial charge is 0.410 e. The lowest BCUT2D eigenvalue weighted by Gasteiger charge is -2.34. The average Bonchev–Trinajstić information content (AvgIpc) is 3.27. The van der Waals surface area contributed by atoms with Gasteiger partial charge in [0.1, 0.15) is 17.2 Å². The number of hydrogen-bond acceptors (Lipinski definition) is 8. The van der Waals surface area contributed by atoms with Crippen LogP contribution < -0.4 is 10.6 Å². The van der Waals surface area contributed by atoms with E-state index in [4.69, 9.17) is 4.74 Å². The molecular weight excluding hydrogens is 396 g/mol. The van der Waals surface area contributed by atoms with Gasteiger partial charge in [-0.15, -0.1) is 10.2 Å². The number of aromatic nitrogens is 4. The highest BCUT2D eigenvalue weighted by Gasteiger charge is 2.27. The molecule has 1 aromatic carbocycles. The van der Waals surface area contributed by atoms with Crippen molar-refractivity contribution in [3.63, 3.8) is 0 Å². The van der Waals surface area contributed by atoms with Crippen molar-refractivity contribution in [3.8, 4) is 6.07 Å². The third kappa shape index (κ3) is 6.79. The van der Waals surface area contributed by atoms with Crippen LogP contribution in [0.3, 0.4) is 0 Å². The molecule has 3 N–H and O–H groups in total. The summed E-state index contributed by atoms with van der Waals surface area (Å²) in [4.78, 5) is 14.1. The number of nitrogens with zero attached hydrogens (tertiary/aromatic N) is 5. The van der Waals surface area contributed by atoms with Crippen molar-refractivity contribution in [2.45, 2.75) is 51.8 Å². The van der Waals surface area contributed by atoms with Crippen molar-refractivity contribution < 1.29 is 9.53 Å². The van der Waals surface area contributed by atoms with E-state index in [0.29, 0.717) is 13.1 Å². The average molecular weight is 425 g/mol. The highest BCUT2D eigenvalue weighted by atomic mass is 16.6. The summed E-state index contributed by atoms with van der Waals surface area (Å²) >= 11 is 0. The zero-order valence-electron chi connectivity index (χ0n) is 18.1. The molecule has 2 heterocycles. The number of benzene rings is 1. The first-order valence-corrected chi connectivity index (χ1v) is 10.2. The van der Waals surface area contributed by atoms with E-state index >= 15 is 0 Å². The molecule has 0 saturated carbocycles. The molecule has 10 heteroatoms. The van der Waals surface area contributed by atoms with Crippen LogP contribution in [0.2, 0.25) is 0 Å². The van der Waals surface area contributed by atoms with E-state index in [1.54, 1.807) is 11.1 Å². The Morgan fingerprint density at radius 3 is 2.81 bits per heavy atom. The van der Waals surface area contributed by atoms with E-state index in [0.717, 1.165) is 30.6 Å². The minimum Gasteiger partial charge on any atom is -0.444 e. The highest BCUT2D eigenvalue weighted by Crippen LogP contribution is 2.17. The lowest BCUT2D eigenvalue weighted by atomic mass is 10.1. The number of piperidine rings is 1. The first-order valence-electron chi connectivity index (χ1n) is 10.2. The van der Waals surface area contributed by atoms with Crippen LogP contribution in [0, 0.1) is 11.3 Å². The molecule has 2 aromatic rings. The number of nitrogens with one attached hydrogen (secondary N) is 3. The molecule has 164 valence electrons. The summed E-state index contributed by atoms with van der Waals surface area (Å²) < 4.78 is 5.49. The number of amides is 1. The van der Waals surface area contributed by atoms with Crippen LogP contribution in [-0.2, 0) is 11.3 Å². The second-order valence-electron chi connectivity index (χ2n) is 8.39. The van der Waals surface area contributed by atoms with Crippen LogP contribution in [0.1, 0.15) is 45.0 Å². The van der Waals surface area contributed by atoms with E-state index in [9.17, 15) is 10.1 Å². The number of aromatic amines is 1. The molecule has 1 amide bonds. The maximum Gasteiger partial charge on any atom is 0.410 e. The number of rotatable bonds is 6. The third-order valence-corrected chi connectivity index (χ3v) is 4.71. The van der Waals surface area contributed by atoms with Gasteiger partial charge in [0.25, 0.3) is 0 Å². The minimum absolute atomic E-state index is 0.232. The van der Waals surface area contributed by atoms with Crippen molar-refractivity contribution >= 4 is 17.4 Å². The van der Waals surface area contributed by atoms with Gasteiger partial charge in [-0.3, -0.25) is 0 Å². The van der Waals surface area contributed by atoms with Gasteiger partial charge in [-0.2, -0.15) is 10.5 Å². The van der Waals surface area contributed by atoms with Gasteiger partial charge in [-0.1, -0.05) is 12.1 Å². The number of ether oxygens (including phenoxy) is 1. The van der Waals surface area contributed by atoms with Gasteiger partial charge < -0.3 is 20.3 Å². The highest BCUT2D eigenvalue weighted by molar-refractivity contribution is 5.74. The summed E-state index contributed by atoms with van der Waals surface area (Å²) in [7, 11) is 0. The number of nitriles is 1. The summed E-state index contributed by atoms with van der Waals surface area (Å²) in [6.45, 7) is 7.72. The van der Waals surface area contributed by atoms with Gasteiger partial charge in [0.2, 0.25) is 5.82 Å². The number of tetrazole rings is 1. The first-order chi connectivity index (χ1) is 14.8. The van der Waals surface area contributed by atoms with E-state index in [-0.39, 0.29) is 23.5 Å². The van der Waals surface area contributed by atoms with Crippen LogP contribution in [0.4, 0.5) is 10.5 Å². The molecule has 0 spiro atoms. The quantitative estimate of drug-likeness (QED) is 0.603. The Balaban J connectivity index is 1.49. The Morgan fingerprint density at radius 2 is 2.16 bits per heavy atom. The summed E-state index contributed by atoms with van der Waals surface area (Å²) in [5.74, 6) is 0.240. The van der Waals surface area contributed by atoms with E-state index in [1.807, 2.05) is 51.1 Å². The second-order valence-corrected chi connectivity index (χ2v) is 8.39. The Bertz CT molecular complexity index is 926. The van der Waals surface area contributed by atoms with Crippen molar-refractivity contribution in [2.24, 2.45) is 0 Å². The van der Waals surface area contributed by atoms with Crippen molar-refractivity contribution in [1.82, 2.24) is 30.8 Å². The molecular formula is C21H28N8O2. The molecule has 1 aliphatic heterocycles. The number of carbonyl (C=O) groups excluding carboxylic acids is 1. The Hall–Kier alpha value is -3.45. The molecule has 31 heavy (non-hydrogen) atoms. The zero-order valence-corrected chi connectivity index (χ0v) is 18.1. The summed E-state index contributed by atoms with van der Waals surface area (Å²) in [5.41, 5.74) is 1.77. The third-order valence-electron chi connectivity index (χ3n) is 4.71. The van der Waals surface area contributed by atoms with E-state index in [2.05, 4.69) is 31.3 Å². The predicted octanol–water partition coefficient (Wildman–Crippen LogP) is 2.67. The van der Waals surface area contributed by atoms with Gasteiger partial charge in [0, 0.05) is 37.6 Å². The van der Waals surface area contributed by atoms with Crippen LogP contribution in [-0.4, -0.2) is 56.3 Å². The fraction of sp³-hybridized carbons (Fsp3) is 0.476. The van der Waals surface area contributed by atoms with E-state index in [1.165, 1.54) is 0 Å². The fourth-order valence-electron chi connectivity index (χ4n) is 3.20. The lowest BCUT2D eigenvalue weighted by Crippen LogP contribution is -2.49. The van der Waals surface area contributed by atoms with Crippen molar-refractivity contribution in [2.75, 3.05) is 18.4 Å².